The quantitative estimate of drug-likeness (QED) is 0.198. The summed E-state index contributed by atoms with van der Waals surface area (Å²) in [5.74, 6) is 0.906. The first-order valence-corrected chi connectivity index (χ1v) is 9.69. The second-order valence-corrected chi connectivity index (χ2v) is 6.60. The van der Waals surface area contributed by atoms with E-state index in [1.165, 1.54) is 52.0 Å². The smallest absolute Gasteiger partial charge is 0.190 e. The van der Waals surface area contributed by atoms with Crippen LogP contribution in [0.4, 0.5) is 0 Å². The van der Waals surface area contributed by atoms with Crippen LogP contribution < -0.4 is 10.6 Å². The fourth-order valence-electron chi connectivity index (χ4n) is 2.69. The molecule has 1 rings (SSSR count). The molecule has 0 saturated carbocycles. The molecule has 6 nitrogen and oxygen atoms in total. The molecule has 0 aromatic heterocycles. The average molecular weight is 469 g/mol. The van der Waals surface area contributed by atoms with Crippen LogP contribution in [0.3, 0.4) is 0 Å². The SMILES string of the molecule is CCCCOCCCNC(=NC)NCCCCN1CCN(C)CC1.I. The molecule has 0 spiro atoms. The minimum absolute atomic E-state index is 0. The number of aliphatic imine (C=N–C) groups is 1. The Kier molecular flexibility index (Phi) is 17.2. The molecule has 0 bridgehead atoms. The lowest BCUT2D eigenvalue weighted by Crippen LogP contribution is -2.44. The zero-order valence-electron chi connectivity index (χ0n) is 16.6. The summed E-state index contributed by atoms with van der Waals surface area (Å²) in [6.45, 7) is 11.9. The van der Waals surface area contributed by atoms with Gasteiger partial charge in [0.1, 0.15) is 0 Å². The first-order chi connectivity index (χ1) is 11.8. The van der Waals surface area contributed by atoms with Crippen molar-refractivity contribution in [2.24, 2.45) is 4.99 Å². The molecule has 1 fully saturated rings. The lowest BCUT2D eigenvalue weighted by Gasteiger charge is -2.32. The monoisotopic (exact) mass is 469 g/mol. The first-order valence-electron chi connectivity index (χ1n) is 9.69. The Bertz CT molecular complexity index is 323. The van der Waals surface area contributed by atoms with Gasteiger partial charge < -0.3 is 25.2 Å². The fourth-order valence-corrected chi connectivity index (χ4v) is 2.69. The van der Waals surface area contributed by atoms with Gasteiger partial charge in [0.15, 0.2) is 5.96 Å². The molecule has 1 aliphatic rings. The normalized spacial score (nSPS) is 16.5. The van der Waals surface area contributed by atoms with Crippen molar-refractivity contribution in [1.29, 1.82) is 0 Å². The van der Waals surface area contributed by atoms with Crippen LogP contribution in [-0.4, -0.2) is 88.9 Å². The summed E-state index contributed by atoms with van der Waals surface area (Å²) in [6.07, 6.45) is 5.81. The molecule has 25 heavy (non-hydrogen) atoms. The zero-order chi connectivity index (χ0) is 17.5. The van der Waals surface area contributed by atoms with E-state index in [2.05, 4.69) is 39.4 Å². The number of rotatable bonds is 12. The van der Waals surface area contributed by atoms with E-state index >= 15 is 0 Å². The highest BCUT2D eigenvalue weighted by molar-refractivity contribution is 14.0. The summed E-state index contributed by atoms with van der Waals surface area (Å²) < 4.78 is 5.56. The topological polar surface area (TPSA) is 52.1 Å². The van der Waals surface area contributed by atoms with Crippen LogP contribution in [0.2, 0.25) is 0 Å². The van der Waals surface area contributed by atoms with Gasteiger partial charge in [-0.15, -0.1) is 24.0 Å². The molecule has 1 heterocycles. The van der Waals surface area contributed by atoms with Gasteiger partial charge in [0.05, 0.1) is 0 Å². The predicted octanol–water partition coefficient (Wildman–Crippen LogP) is 2.00. The molecule has 0 aliphatic carbocycles. The van der Waals surface area contributed by atoms with Crippen molar-refractivity contribution in [1.82, 2.24) is 20.4 Å². The van der Waals surface area contributed by atoms with Crippen LogP contribution in [-0.2, 0) is 4.74 Å². The Hall–Kier alpha value is -0.120. The average Bonchev–Trinajstić information content (AvgIpc) is 2.60. The second kappa shape index (κ2) is 17.3. The third-order valence-electron chi connectivity index (χ3n) is 4.41. The van der Waals surface area contributed by atoms with E-state index in [1.807, 2.05) is 7.05 Å². The van der Waals surface area contributed by atoms with Gasteiger partial charge in [-0.25, -0.2) is 0 Å². The van der Waals surface area contributed by atoms with Crippen molar-refractivity contribution < 1.29 is 4.74 Å². The van der Waals surface area contributed by atoms with Crippen LogP contribution in [0.5, 0.6) is 0 Å². The minimum Gasteiger partial charge on any atom is -0.381 e. The molecule has 1 saturated heterocycles. The van der Waals surface area contributed by atoms with Gasteiger partial charge in [0, 0.05) is 59.5 Å². The molecule has 2 N–H and O–H groups in total. The lowest BCUT2D eigenvalue weighted by molar-refractivity contribution is 0.129. The van der Waals surface area contributed by atoms with Gasteiger partial charge in [-0.1, -0.05) is 13.3 Å². The third kappa shape index (κ3) is 13.7. The largest absolute Gasteiger partial charge is 0.381 e. The van der Waals surface area contributed by atoms with E-state index in [4.69, 9.17) is 4.74 Å². The number of unbranched alkanes of at least 4 members (excludes halogenated alkanes) is 2. The van der Waals surface area contributed by atoms with Gasteiger partial charge in [-0.2, -0.15) is 0 Å². The van der Waals surface area contributed by atoms with Crippen LogP contribution in [0.1, 0.15) is 39.0 Å². The Morgan fingerprint density at radius 2 is 1.60 bits per heavy atom. The fraction of sp³-hybridized carbons (Fsp3) is 0.944. The molecular formula is C18H40IN5O. The second-order valence-electron chi connectivity index (χ2n) is 6.60. The van der Waals surface area contributed by atoms with E-state index in [0.717, 1.165) is 45.1 Å². The summed E-state index contributed by atoms with van der Waals surface area (Å²) >= 11 is 0. The molecule has 0 atom stereocenters. The number of nitrogens with zero attached hydrogens (tertiary/aromatic N) is 3. The van der Waals surface area contributed by atoms with Gasteiger partial charge in [-0.3, -0.25) is 4.99 Å². The maximum atomic E-state index is 5.56. The predicted molar refractivity (Wildman–Crippen MR) is 118 cm³/mol. The van der Waals surface area contributed by atoms with Crippen molar-refractivity contribution >= 4 is 29.9 Å². The van der Waals surface area contributed by atoms with Crippen molar-refractivity contribution in [2.45, 2.75) is 39.0 Å². The summed E-state index contributed by atoms with van der Waals surface area (Å²) in [4.78, 5) is 9.25. The molecule has 1 aliphatic heterocycles. The zero-order valence-corrected chi connectivity index (χ0v) is 18.9. The molecule has 0 radical (unpaired) electrons. The number of hydrogen-bond donors (Lipinski definition) is 2. The summed E-state index contributed by atoms with van der Waals surface area (Å²) in [5.41, 5.74) is 0. The molecule has 0 aromatic carbocycles. The van der Waals surface area contributed by atoms with Gasteiger partial charge in [0.25, 0.3) is 0 Å². The summed E-state index contributed by atoms with van der Waals surface area (Å²) in [5, 5.41) is 6.75. The van der Waals surface area contributed by atoms with Gasteiger partial charge in [0.2, 0.25) is 0 Å². The highest BCUT2D eigenvalue weighted by Crippen LogP contribution is 2.01. The number of piperazine rings is 1. The van der Waals surface area contributed by atoms with Crippen LogP contribution >= 0.6 is 24.0 Å². The van der Waals surface area contributed by atoms with Crippen LogP contribution in [0, 0.1) is 0 Å². The number of halogens is 1. The summed E-state index contributed by atoms with van der Waals surface area (Å²) in [6, 6.07) is 0. The molecular weight excluding hydrogens is 429 g/mol. The molecule has 0 aromatic rings. The Labute approximate surface area is 172 Å². The Balaban J connectivity index is 0.00000576. The van der Waals surface area contributed by atoms with E-state index < -0.39 is 0 Å². The maximum absolute atomic E-state index is 5.56. The first kappa shape index (κ1) is 24.9. The summed E-state index contributed by atoms with van der Waals surface area (Å²) in [7, 11) is 4.04. The standard InChI is InChI=1S/C18H39N5O.HI/c1-4-5-16-24-17-8-10-21-18(19-2)20-9-6-7-11-23-14-12-22(3)13-15-23;/h4-17H2,1-3H3,(H2,19,20,21);1H. The van der Waals surface area contributed by atoms with Crippen LogP contribution in [0.25, 0.3) is 0 Å². The Morgan fingerprint density at radius 3 is 2.24 bits per heavy atom. The number of guanidine groups is 1. The number of nitrogens with one attached hydrogen (secondary N) is 2. The molecule has 0 unspecified atom stereocenters. The van der Waals surface area contributed by atoms with E-state index in [-0.39, 0.29) is 24.0 Å². The van der Waals surface area contributed by atoms with Gasteiger partial charge in [-0.05, 0) is 39.3 Å². The van der Waals surface area contributed by atoms with E-state index in [1.54, 1.807) is 0 Å². The van der Waals surface area contributed by atoms with E-state index in [9.17, 15) is 0 Å². The van der Waals surface area contributed by atoms with Crippen molar-refractivity contribution in [2.75, 3.05) is 73.1 Å². The Morgan fingerprint density at radius 1 is 0.960 bits per heavy atom. The van der Waals surface area contributed by atoms with Crippen molar-refractivity contribution in [3.8, 4) is 0 Å². The van der Waals surface area contributed by atoms with E-state index in [0.29, 0.717) is 0 Å². The number of ether oxygens (including phenoxy) is 1. The maximum Gasteiger partial charge on any atom is 0.190 e. The van der Waals surface area contributed by atoms with Crippen molar-refractivity contribution in [3.05, 3.63) is 0 Å². The van der Waals surface area contributed by atoms with Crippen molar-refractivity contribution in [3.63, 3.8) is 0 Å². The minimum atomic E-state index is 0. The highest BCUT2D eigenvalue weighted by Gasteiger charge is 2.12. The molecule has 0 amide bonds. The number of likely N-dealkylation sites (N-methyl/N-ethyl adjacent to an activating group) is 1. The van der Waals surface area contributed by atoms with Crippen LogP contribution in [0.15, 0.2) is 4.99 Å². The molecule has 7 heteroatoms. The third-order valence-corrected chi connectivity index (χ3v) is 4.41. The highest BCUT2D eigenvalue weighted by atomic mass is 127. The number of hydrogen-bond acceptors (Lipinski definition) is 4. The molecule has 150 valence electrons. The van der Waals surface area contributed by atoms with Gasteiger partial charge >= 0.3 is 0 Å². The lowest BCUT2D eigenvalue weighted by atomic mass is 10.2.